The van der Waals surface area contributed by atoms with Crippen molar-refractivity contribution >= 4 is 5.97 Å². The van der Waals surface area contributed by atoms with Crippen LogP contribution in [0.15, 0.2) is 35.5 Å². The molecular formula is C21H32O3. The van der Waals surface area contributed by atoms with Crippen molar-refractivity contribution in [1.82, 2.24) is 0 Å². The van der Waals surface area contributed by atoms with Gasteiger partial charge in [0.15, 0.2) is 0 Å². The molecule has 0 unspecified atom stereocenters. The predicted octanol–water partition coefficient (Wildman–Crippen LogP) is 4.98. The number of hydrogen-bond acceptors (Lipinski definition) is 3. The molecule has 24 heavy (non-hydrogen) atoms. The minimum Gasteiger partial charge on any atom is -0.454 e. The maximum Gasteiger partial charge on any atom is 0.334 e. The van der Waals surface area contributed by atoms with Crippen molar-refractivity contribution in [1.29, 1.82) is 0 Å². The molecule has 1 aliphatic carbocycles. The zero-order valence-electron chi connectivity index (χ0n) is 15.8. The smallest absolute Gasteiger partial charge is 0.334 e. The number of rotatable bonds is 2. The van der Waals surface area contributed by atoms with Gasteiger partial charge in [0.25, 0.3) is 0 Å². The average molecular weight is 332 g/mol. The summed E-state index contributed by atoms with van der Waals surface area (Å²) in [6, 6.07) is 0. The maximum absolute atomic E-state index is 12.1. The molecule has 1 heterocycles. The number of esters is 1. The largest absolute Gasteiger partial charge is 0.454 e. The van der Waals surface area contributed by atoms with Crippen LogP contribution in [0, 0.1) is 11.8 Å². The summed E-state index contributed by atoms with van der Waals surface area (Å²) in [5, 5.41) is 0. The van der Waals surface area contributed by atoms with Crippen LogP contribution in [-0.4, -0.2) is 24.8 Å². The fourth-order valence-electron chi connectivity index (χ4n) is 3.39. The Balaban J connectivity index is 2.24. The lowest BCUT2D eigenvalue weighted by molar-refractivity contribution is -0.139. The number of ether oxygens (including phenoxy) is 2. The first-order valence-corrected chi connectivity index (χ1v) is 9.15. The van der Waals surface area contributed by atoms with E-state index in [0.29, 0.717) is 11.8 Å². The second-order valence-electron chi connectivity index (χ2n) is 7.75. The predicted molar refractivity (Wildman–Crippen MR) is 97.7 cm³/mol. The van der Waals surface area contributed by atoms with Crippen molar-refractivity contribution in [3.8, 4) is 0 Å². The van der Waals surface area contributed by atoms with E-state index in [0.717, 1.165) is 37.7 Å². The van der Waals surface area contributed by atoms with E-state index in [4.69, 9.17) is 9.47 Å². The van der Waals surface area contributed by atoms with Crippen molar-refractivity contribution in [2.24, 2.45) is 11.8 Å². The standard InChI is InChI=1S/C21H32O3/c1-15(2)17-8-9-18-14-19(24-20(18)22)13-16(3)7-6-11-21(4,23-5)12-10-17/h7,10,12,14-15,17,19H,6,8-9,11,13H2,1-5H3/t17-,19+,21+/m1/s1. The van der Waals surface area contributed by atoms with Gasteiger partial charge in [0.05, 0.1) is 5.60 Å². The second kappa shape index (κ2) is 8.15. The van der Waals surface area contributed by atoms with E-state index >= 15 is 0 Å². The normalized spacial score (nSPS) is 32.2. The van der Waals surface area contributed by atoms with Gasteiger partial charge in [0.1, 0.15) is 6.10 Å². The van der Waals surface area contributed by atoms with Crippen LogP contribution in [0.2, 0.25) is 0 Å². The van der Waals surface area contributed by atoms with E-state index in [2.05, 4.69) is 45.9 Å². The monoisotopic (exact) mass is 332 g/mol. The summed E-state index contributed by atoms with van der Waals surface area (Å²) in [7, 11) is 1.78. The van der Waals surface area contributed by atoms with Gasteiger partial charge in [-0.25, -0.2) is 4.79 Å². The highest BCUT2D eigenvalue weighted by atomic mass is 16.5. The molecule has 2 aliphatic rings. The van der Waals surface area contributed by atoms with Crippen molar-refractivity contribution in [2.75, 3.05) is 7.11 Å². The Labute approximate surface area is 146 Å². The van der Waals surface area contributed by atoms with E-state index in [1.54, 1.807) is 7.11 Å². The summed E-state index contributed by atoms with van der Waals surface area (Å²) >= 11 is 0. The van der Waals surface area contributed by atoms with Crippen LogP contribution in [-0.2, 0) is 14.3 Å². The minimum absolute atomic E-state index is 0.0893. The third kappa shape index (κ3) is 5.07. The summed E-state index contributed by atoms with van der Waals surface area (Å²) in [4.78, 5) is 12.1. The molecule has 0 aromatic rings. The van der Waals surface area contributed by atoms with Crippen molar-refractivity contribution < 1.29 is 14.3 Å². The molecule has 3 nitrogen and oxygen atoms in total. The summed E-state index contributed by atoms with van der Waals surface area (Å²) in [5.74, 6) is 0.842. The molecule has 0 saturated heterocycles. The molecule has 1 aliphatic heterocycles. The van der Waals surface area contributed by atoms with Gasteiger partial charge in [-0.3, -0.25) is 0 Å². The van der Waals surface area contributed by atoms with Crippen LogP contribution in [0.5, 0.6) is 0 Å². The zero-order chi connectivity index (χ0) is 17.7. The third-order valence-corrected chi connectivity index (χ3v) is 5.33. The summed E-state index contributed by atoms with van der Waals surface area (Å²) in [6.45, 7) is 8.73. The molecule has 0 fully saturated rings. The number of hydrogen-bond donors (Lipinski definition) is 0. The maximum atomic E-state index is 12.1. The molecule has 2 bridgehead atoms. The zero-order valence-corrected chi connectivity index (χ0v) is 15.8. The van der Waals surface area contributed by atoms with Gasteiger partial charge in [-0.05, 0) is 57.4 Å². The number of fused-ring (bicyclic) bond motifs is 1. The minimum atomic E-state index is -0.237. The first-order valence-electron chi connectivity index (χ1n) is 9.15. The molecule has 2 rings (SSSR count). The van der Waals surface area contributed by atoms with Gasteiger partial charge in [-0.1, -0.05) is 37.6 Å². The number of methoxy groups -OCH3 is 1. The van der Waals surface area contributed by atoms with Crippen molar-refractivity contribution in [2.45, 2.75) is 71.5 Å². The molecule has 0 radical (unpaired) electrons. The average Bonchev–Trinajstić information content (AvgIpc) is 2.85. The van der Waals surface area contributed by atoms with E-state index in [9.17, 15) is 4.79 Å². The Morgan fingerprint density at radius 1 is 1.38 bits per heavy atom. The lowest BCUT2D eigenvalue weighted by atomic mass is 9.86. The lowest BCUT2D eigenvalue weighted by Gasteiger charge is -2.26. The van der Waals surface area contributed by atoms with Crippen LogP contribution in [0.1, 0.15) is 59.8 Å². The fourth-order valence-corrected chi connectivity index (χ4v) is 3.39. The molecule has 0 aromatic heterocycles. The van der Waals surface area contributed by atoms with E-state index in [-0.39, 0.29) is 17.7 Å². The fraction of sp³-hybridized carbons (Fsp3) is 0.667. The topological polar surface area (TPSA) is 35.5 Å². The Morgan fingerprint density at radius 3 is 2.79 bits per heavy atom. The van der Waals surface area contributed by atoms with Gasteiger partial charge in [-0.15, -0.1) is 0 Å². The lowest BCUT2D eigenvalue weighted by Crippen LogP contribution is -2.24. The van der Waals surface area contributed by atoms with Crippen molar-refractivity contribution in [3.63, 3.8) is 0 Å². The molecule has 0 saturated carbocycles. The highest BCUT2D eigenvalue weighted by Crippen LogP contribution is 2.29. The number of carbonyl (C=O) groups is 1. The third-order valence-electron chi connectivity index (χ3n) is 5.33. The van der Waals surface area contributed by atoms with Crippen LogP contribution < -0.4 is 0 Å². The Morgan fingerprint density at radius 2 is 2.12 bits per heavy atom. The molecule has 0 amide bonds. The van der Waals surface area contributed by atoms with Crippen molar-refractivity contribution in [3.05, 3.63) is 35.5 Å². The van der Waals surface area contributed by atoms with E-state index in [1.807, 2.05) is 6.08 Å². The number of allylic oxidation sites excluding steroid dienone is 2. The molecule has 0 spiro atoms. The Bertz CT molecular complexity index is 541. The summed E-state index contributed by atoms with van der Waals surface area (Å²) < 4.78 is 11.3. The Kier molecular flexibility index (Phi) is 6.45. The van der Waals surface area contributed by atoms with Crippen LogP contribution in [0.3, 0.4) is 0 Å². The molecule has 134 valence electrons. The molecule has 3 heteroatoms. The van der Waals surface area contributed by atoms with Gasteiger partial charge < -0.3 is 9.47 Å². The summed E-state index contributed by atoms with van der Waals surface area (Å²) in [5.41, 5.74) is 1.88. The first kappa shape index (κ1) is 19.0. The highest BCUT2D eigenvalue weighted by molar-refractivity contribution is 5.90. The van der Waals surface area contributed by atoms with Gasteiger partial charge in [-0.2, -0.15) is 0 Å². The molecule has 3 atom stereocenters. The molecular weight excluding hydrogens is 300 g/mol. The van der Waals surface area contributed by atoms with Crippen LogP contribution >= 0.6 is 0 Å². The van der Waals surface area contributed by atoms with Gasteiger partial charge in [0, 0.05) is 19.1 Å². The quantitative estimate of drug-likeness (QED) is 0.528. The SMILES string of the molecule is CO[C@]1(C)C=C[C@H](C(C)C)CCC2=C[C@H](CC(C)=CCC1)OC2=O. The highest BCUT2D eigenvalue weighted by Gasteiger charge is 2.27. The van der Waals surface area contributed by atoms with Gasteiger partial charge >= 0.3 is 5.97 Å². The molecule has 0 N–H and O–H groups in total. The Hall–Kier alpha value is -1.35. The second-order valence-corrected chi connectivity index (χ2v) is 7.75. The summed E-state index contributed by atoms with van der Waals surface area (Å²) in [6.07, 6.45) is 13.2. The van der Waals surface area contributed by atoms with E-state index in [1.165, 1.54) is 5.57 Å². The van der Waals surface area contributed by atoms with E-state index < -0.39 is 0 Å². The van der Waals surface area contributed by atoms with Crippen LogP contribution in [0.25, 0.3) is 0 Å². The molecule has 0 aromatic carbocycles. The first-order chi connectivity index (χ1) is 11.3. The van der Waals surface area contributed by atoms with Gasteiger partial charge in [0.2, 0.25) is 0 Å². The number of carbonyl (C=O) groups excluding carboxylic acids is 1. The van der Waals surface area contributed by atoms with Crippen LogP contribution in [0.4, 0.5) is 0 Å².